The highest BCUT2D eigenvalue weighted by molar-refractivity contribution is 9.10. The van der Waals surface area contributed by atoms with Gasteiger partial charge in [-0.05, 0) is 41.8 Å². The van der Waals surface area contributed by atoms with Crippen molar-refractivity contribution in [3.63, 3.8) is 0 Å². The second-order valence-corrected chi connectivity index (χ2v) is 5.75. The molecule has 19 heavy (non-hydrogen) atoms. The Morgan fingerprint density at radius 2 is 2.00 bits per heavy atom. The monoisotopic (exact) mass is 326 g/mol. The van der Waals surface area contributed by atoms with Crippen LogP contribution in [0.25, 0.3) is 0 Å². The summed E-state index contributed by atoms with van der Waals surface area (Å²) in [5, 5.41) is 0. The number of carbonyl (C=O) groups is 1. The third kappa shape index (κ3) is 4.20. The van der Waals surface area contributed by atoms with Crippen molar-refractivity contribution in [1.82, 2.24) is 9.88 Å². The summed E-state index contributed by atoms with van der Waals surface area (Å²) in [5.74, 6) is 0.687. The summed E-state index contributed by atoms with van der Waals surface area (Å²) < 4.78 is 6.51. The molecule has 1 atom stereocenters. The first-order valence-electron chi connectivity index (χ1n) is 6.73. The number of pyridine rings is 1. The molecule has 1 saturated heterocycles. The van der Waals surface area contributed by atoms with Crippen LogP contribution in [0.15, 0.2) is 22.9 Å². The largest absolute Gasteiger partial charge is 0.479 e. The Balaban J connectivity index is 1.94. The summed E-state index contributed by atoms with van der Waals surface area (Å²) in [6, 6.07) is 1.82. The van der Waals surface area contributed by atoms with E-state index in [1.54, 1.807) is 19.3 Å². The number of rotatable bonds is 3. The number of halogens is 1. The van der Waals surface area contributed by atoms with E-state index in [9.17, 15) is 4.79 Å². The molecule has 1 unspecified atom stereocenters. The molecule has 1 aromatic rings. The highest BCUT2D eigenvalue weighted by Crippen LogP contribution is 2.18. The topological polar surface area (TPSA) is 42.4 Å². The molecule has 1 aliphatic rings. The van der Waals surface area contributed by atoms with E-state index >= 15 is 0 Å². The molecule has 0 aliphatic carbocycles. The van der Waals surface area contributed by atoms with Crippen LogP contribution in [0.1, 0.15) is 32.6 Å². The normalized spacial score (nSPS) is 17.7. The lowest BCUT2D eigenvalue weighted by Crippen LogP contribution is -2.41. The first-order valence-corrected chi connectivity index (χ1v) is 7.52. The molecule has 0 aromatic carbocycles. The van der Waals surface area contributed by atoms with E-state index in [0.717, 1.165) is 30.4 Å². The van der Waals surface area contributed by atoms with Crippen LogP contribution in [0.5, 0.6) is 5.75 Å². The van der Waals surface area contributed by atoms with Crippen molar-refractivity contribution >= 4 is 21.8 Å². The Kier molecular flexibility index (Phi) is 5.19. The average molecular weight is 327 g/mol. The van der Waals surface area contributed by atoms with Crippen molar-refractivity contribution in [1.29, 1.82) is 0 Å². The van der Waals surface area contributed by atoms with Crippen LogP contribution in [0, 0.1) is 0 Å². The maximum absolute atomic E-state index is 12.3. The second-order valence-electron chi connectivity index (χ2n) is 4.84. The SMILES string of the molecule is CC(Oc1cncc(Br)c1)C(=O)N1CCCCCC1. The predicted molar refractivity (Wildman–Crippen MR) is 77.1 cm³/mol. The maximum Gasteiger partial charge on any atom is 0.263 e. The molecule has 0 spiro atoms. The zero-order valence-corrected chi connectivity index (χ0v) is 12.7. The van der Waals surface area contributed by atoms with Gasteiger partial charge in [0, 0.05) is 23.8 Å². The molecule has 0 N–H and O–H groups in total. The molecular weight excluding hydrogens is 308 g/mol. The third-order valence-corrected chi connectivity index (χ3v) is 3.69. The van der Waals surface area contributed by atoms with Gasteiger partial charge in [-0.1, -0.05) is 12.8 Å². The highest BCUT2D eigenvalue weighted by Gasteiger charge is 2.22. The molecule has 104 valence electrons. The number of aromatic nitrogens is 1. The summed E-state index contributed by atoms with van der Waals surface area (Å²) in [5.41, 5.74) is 0. The molecule has 1 amide bonds. The molecule has 1 aromatic heterocycles. The van der Waals surface area contributed by atoms with Gasteiger partial charge in [0.1, 0.15) is 5.75 Å². The zero-order chi connectivity index (χ0) is 13.7. The Labute approximate surface area is 122 Å². The van der Waals surface area contributed by atoms with Gasteiger partial charge in [0.15, 0.2) is 6.10 Å². The van der Waals surface area contributed by atoms with Crippen molar-refractivity contribution in [2.45, 2.75) is 38.7 Å². The van der Waals surface area contributed by atoms with Gasteiger partial charge in [-0.25, -0.2) is 0 Å². The van der Waals surface area contributed by atoms with Gasteiger partial charge in [0.2, 0.25) is 0 Å². The highest BCUT2D eigenvalue weighted by atomic mass is 79.9. The molecule has 0 saturated carbocycles. The molecule has 2 rings (SSSR count). The van der Waals surface area contributed by atoms with Gasteiger partial charge in [-0.2, -0.15) is 0 Å². The van der Waals surface area contributed by atoms with Gasteiger partial charge in [0.25, 0.3) is 5.91 Å². The fourth-order valence-electron chi connectivity index (χ4n) is 2.26. The molecule has 5 heteroatoms. The number of carbonyl (C=O) groups excluding carboxylic acids is 1. The van der Waals surface area contributed by atoms with Gasteiger partial charge >= 0.3 is 0 Å². The fraction of sp³-hybridized carbons (Fsp3) is 0.571. The Bertz CT molecular complexity index is 431. The van der Waals surface area contributed by atoms with Gasteiger partial charge in [-0.15, -0.1) is 0 Å². The molecule has 2 heterocycles. The van der Waals surface area contributed by atoms with Crippen LogP contribution in [0.2, 0.25) is 0 Å². The minimum atomic E-state index is -0.464. The minimum Gasteiger partial charge on any atom is -0.479 e. The third-order valence-electron chi connectivity index (χ3n) is 3.26. The number of hydrogen-bond donors (Lipinski definition) is 0. The molecule has 1 fully saturated rings. The smallest absolute Gasteiger partial charge is 0.263 e. The maximum atomic E-state index is 12.3. The Morgan fingerprint density at radius 3 is 2.63 bits per heavy atom. The van der Waals surface area contributed by atoms with Gasteiger partial charge < -0.3 is 9.64 Å². The summed E-state index contributed by atoms with van der Waals surface area (Å²) in [7, 11) is 0. The first kappa shape index (κ1) is 14.3. The van der Waals surface area contributed by atoms with Crippen molar-refractivity contribution in [2.75, 3.05) is 13.1 Å². The van der Waals surface area contributed by atoms with E-state index in [-0.39, 0.29) is 5.91 Å². The summed E-state index contributed by atoms with van der Waals surface area (Å²) in [6.07, 6.45) is 7.47. The quantitative estimate of drug-likeness (QED) is 0.857. The van der Waals surface area contributed by atoms with E-state index < -0.39 is 6.10 Å². The molecule has 4 nitrogen and oxygen atoms in total. The number of hydrogen-bond acceptors (Lipinski definition) is 3. The van der Waals surface area contributed by atoms with E-state index in [1.807, 2.05) is 11.0 Å². The van der Waals surface area contributed by atoms with E-state index in [2.05, 4.69) is 20.9 Å². The number of nitrogens with zero attached hydrogens (tertiary/aromatic N) is 2. The minimum absolute atomic E-state index is 0.0712. The van der Waals surface area contributed by atoms with Crippen LogP contribution < -0.4 is 4.74 Å². The molecule has 1 aliphatic heterocycles. The van der Waals surface area contributed by atoms with Crippen LogP contribution in [-0.2, 0) is 4.79 Å². The van der Waals surface area contributed by atoms with E-state index in [0.29, 0.717) is 5.75 Å². The van der Waals surface area contributed by atoms with Gasteiger partial charge in [-0.3, -0.25) is 9.78 Å². The lowest BCUT2D eigenvalue weighted by molar-refractivity contribution is -0.137. The summed E-state index contributed by atoms with van der Waals surface area (Å²) in [6.45, 7) is 3.50. The van der Waals surface area contributed by atoms with Crippen LogP contribution in [0.3, 0.4) is 0 Å². The van der Waals surface area contributed by atoms with E-state index in [1.165, 1.54) is 12.8 Å². The summed E-state index contributed by atoms with van der Waals surface area (Å²) >= 11 is 3.34. The van der Waals surface area contributed by atoms with Crippen LogP contribution in [-0.4, -0.2) is 35.0 Å². The lowest BCUT2D eigenvalue weighted by atomic mass is 10.2. The average Bonchev–Trinajstić information content (AvgIpc) is 2.66. The number of amides is 1. The summed E-state index contributed by atoms with van der Waals surface area (Å²) in [4.78, 5) is 18.3. The van der Waals surface area contributed by atoms with Gasteiger partial charge in [0.05, 0.1) is 6.20 Å². The molecule has 0 bridgehead atoms. The van der Waals surface area contributed by atoms with Crippen molar-refractivity contribution in [2.24, 2.45) is 0 Å². The Morgan fingerprint density at radius 1 is 1.32 bits per heavy atom. The molecular formula is C14H19BrN2O2. The fourth-order valence-corrected chi connectivity index (χ4v) is 2.60. The van der Waals surface area contributed by atoms with Crippen molar-refractivity contribution in [3.05, 3.63) is 22.9 Å². The van der Waals surface area contributed by atoms with Crippen molar-refractivity contribution < 1.29 is 9.53 Å². The lowest BCUT2D eigenvalue weighted by Gasteiger charge is -2.24. The first-order chi connectivity index (χ1) is 9.16. The number of likely N-dealkylation sites (tertiary alicyclic amines) is 1. The zero-order valence-electron chi connectivity index (χ0n) is 11.1. The van der Waals surface area contributed by atoms with E-state index in [4.69, 9.17) is 4.74 Å². The van der Waals surface area contributed by atoms with Crippen LogP contribution in [0.4, 0.5) is 0 Å². The predicted octanol–water partition coefficient (Wildman–Crippen LogP) is 3.01. The Hall–Kier alpha value is -1.10. The molecule has 0 radical (unpaired) electrons. The number of ether oxygens (including phenoxy) is 1. The van der Waals surface area contributed by atoms with Crippen LogP contribution >= 0.6 is 15.9 Å². The second kappa shape index (κ2) is 6.89. The van der Waals surface area contributed by atoms with Crippen molar-refractivity contribution in [3.8, 4) is 5.75 Å². The standard InChI is InChI=1S/C14H19BrN2O2/c1-11(19-13-8-12(15)9-16-10-13)14(18)17-6-4-2-3-5-7-17/h8-11H,2-7H2,1H3.